The number of carbonyl (C=O) groups is 1. The number of anilines is 1. The number of carbonyl (C=O) groups excluding carboxylic acids is 1. The van der Waals surface area contributed by atoms with Crippen LogP contribution < -0.4 is 10.2 Å². The molecule has 1 aliphatic heterocycles. The number of aliphatic hydroxyl groups is 1. The second kappa shape index (κ2) is 7.33. The molecule has 0 aliphatic carbocycles. The van der Waals surface area contributed by atoms with E-state index in [0.717, 1.165) is 26.2 Å². The quantitative estimate of drug-likeness (QED) is 0.874. The summed E-state index contributed by atoms with van der Waals surface area (Å²) in [4.78, 5) is 16.5. The largest absolute Gasteiger partial charge is 0.393 e. The van der Waals surface area contributed by atoms with E-state index in [1.165, 1.54) is 5.00 Å². The zero-order chi connectivity index (χ0) is 16.2. The van der Waals surface area contributed by atoms with Gasteiger partial charge in [0.15, 0.2) is 0 Å². The normalized spacial score (nSPS) is 17.5. The minimum absolute atomic E-state index is 0.00416. The van der Waals surface area contributed by atoms with E-state index in [1.54, 1.807) is 18.3 Å². The van der Waals surface area contributed by atoms with Crippen molar-refractivity contribution in [3.05, 3.63) is 17.5 Å². The standard InChI is InChI=1S/C16H27N3O2S/c1-13(20)11-16(2,3)12-17-15(21)19-8-6-18(7-9-19)14-5-4-10-22-14/h4-5,10,13,20H,6-9,11-12H2,1-3H3,(H,17,21). The number of thiophene rings is 1. The Morgan fingerprint density at radius 1 is 1.41 bits per heavy atom. The SMILES string of the molecule is CC(O)CC(C)(C)CNC(=O)N1CCN(c2cccs2)CC1. The molecule has 22 heavy (non-hydrogen) atoms. The Morgan fingerprint density at radius 2 is 2.09 bits per heavy atom. The Balaban J connectivity index is 1.75. The highest BCUT2D eigenvalue weighted by Gasteiger charge is 2.25. The number of nitrogens with one attached hydrogen (secondary N) is 1. The minimum atomic E-state index is -0.346. The summed E-state index contributed by atoms with van der Waals surface area (Å²) in [6.07, 6.45) is 0.334. The number of nitrogens with zero attached hydrogens (tertiary/aromatic N) is 2. The van der Waals surface area contributed by atoms with Gasteiger partial charge < -0.3 is 20.2 Å². The molecule has 0 saturated carbocycles. The molecule has 6 heteroatoms. The monoisotopic (exact) mass is 325 g/mol. The zero-order valence-electron chi connectivity index (χ0n) is 13.7. The molecule has 1 unspecified atom stereocenters. The lowest BCUT2D eigenvalue weighted by molar-refractivity contribution is 0.126. The number of aliphatic hydroxyl groups excluding tert-OH is 1. The molecule has 2 rings (SSSR count). The van der Waals surface area contributed by atoms with E-state index in [9.17, 15) is 9.90 Å². The Kier molecular flexibility index (Phi) is 5.69. The smallest absolute Gasteiger partial charge is 0.317 e. The topological polar surface area (TPSA) is 55.8 Å². The van der Waals surface area contributed by atoms with Crippen molar-refractivity contribution in [2.24, 2.45) is 5.41 Å². The van der Waals surface area contributed by atoms with E-state index in [4.69, 9.17) is 0 Å². The van der Waals surface area contributed by atoms with Gasteiger partial charge in [0, 0.05) is 32.7 Å². The average Bonchev–Trinajstić information content (AvgIpc) is 2.98. The van der Waals surface area contributed by atoms with E-state index in [0.29, 0.717) is 13.0 Å². The van der Waals surface area contributed by atoms with Gasteiger partial charge in [0.2, 0.25) is 0 Å². The Hall–Kier alpha value is -1.27. The Labute approximate surface area is 136 Å². The predicted octanol–water partition coefficient (Wildman–Crippen LogP) is 2.38. The van der Waals surface area contributed by atoms with Gasteiger partial charge in [-0.05, 0) is 36.3 Å². The number of urea groups is 1. The summed E-state index contributed by atoms with van der Waals surface area (Å²) in [6, 6.07) is 4.19. The third kappa shape index (κ3) is 4.88. The highest BCUT2D eigenvalue weighted by molar-refractivity contribution is 7.14. The van der Waals surface area contributed by atoms with Crippen LogP contribution in [0.15, 0.2) is 17.5 Å². The lowest BCUT2D eigenvalue weighted by atomic mass is 9.87. The van der Waals surface area contributed by atoms with Crippen LogP contribution in [-0.4, -0.2) is 54.9 Å². The van der Waals surface area contributed by atoms with E-state index in [-0.39, 0.29) is 17.6 Å². The second-order valence-electron chi connectivity index (χ2n) is 6.80. The van der Waals surface area contributed by atoms with Crippen molar-refractivity contribution >= 4 is 22.4 Å². The van der Waals surface area contributed by atoms with Crippen molar-refractivity contribution in [1.29, 1.82) is 0 Å². The van der Waals surface area contributed by atoms with E-state index < -0.39 is 0 Å². The van der Waals surface area contributed by atoms with Gasteiger partial charge in [0.05, 0.1) is 11.1 Å². The molecule has 1 fully saturated rings. The molecule has 124 valence electrons. The molecule has 0 radical (unpaired) electrons. The first kappa shape index (κ1) is 17.1. The minimum Gasteiger partial charge on any atom is -0.393 e. The molecule has 2 heterocycles. The lowest BCUT2D eigenvalue weighted by Crippen LogP contribution is -2.52. The van der Waals surface area contributed by atoms with Gasteiger partial charge in [0.25, 0.3) is 0 Å². The van der Waals surface area contributed by atoms with Gasteiger partial charge in [-0.2, -0.15) is 0 Å². The molecule has 5 nitrogen and oxygen atoms in total. The summed E-state index contributed by atoms with van der Waals surface area (Å²) < 4.78 is 0. The summed E-state index contributed by atoms with van der Waals surface area (Å²) in [6.45, 7) is 9.76. The molecule has 1 aromatic heterocycles. The fourth-order valence-corrected chi connectivity index (χ4v) is 3.66. The summed E-state index contributed by atoms with van der Waals surface area (Å²) in [7, 11) is 0. The number of rotatable bonds is 5. The van der Waals surface area contributed by atoms with Gasteiger partial charge in [-0.1, -0.05) is 13.8 Å². The molecule has 2 N–H and O–H groups in total. The zero-order valence-corrected chi connectivity index (χ0v) is 14.5. The Morgan fingerprint density at radius 3 is 2.64 bits per heavy atom. The number of hydrogen-bond acceptors (Lipinski definition) is 4. The molecule has 2 amide bonds. The highest BCUT2D eigenvalue weighted by Crippen LogP contribution is 2.23. The molecule has 1 aromatic rings. The first-order chi connectivity index (χ1) is 10.4. The van der Waals surface area contributed by atoms with Crippen LogP contribution in [0.5, 0.6) is 0 Å². The summed E-state index contributed by atoms with van der Waals surface area (Å²) in [5.41, 5.74) is -0.0946. The highest BCUT2D eigenvalue weighted by atomic mass is 32.1. The predicted molar refractivity (Wildman–Crippen MR) is 91.6 cm³/mol. The molecular weight excluding hydrogens is 298 g/mol. The third-order valence-electron chi connectivity index (χ3n) is 3.95. The first-order valence-electron chi connectivity index (χ1n) is 7.87. The van der Waals surface area contributed by atoms with Crippen molar-refractivity contribution in [1.82, 2.24) is 10.2 Å². The van der Waals surface area contributed by atoms with Gasteiger partial charge in [-0.25, -0.2) is 4.79 Å². The summed E-state index contributed by atoms with van der Waals surface area (Å²) in [5.74, 6) is 0. The Bertz CT molecular complexity index is 466. The van der Waals surface area contributed by atoms with Crippen molar-refractivity contribution in [3.63, 3.8) is 0 Å². The van der Waals surface area contributed by atoms with Crippen LogP contribution in [-0.2, 0) is 0 Å². The van der Waals surface area contributed by atoms with Crippen LogP contribution in [0.4, 0.5) is 9.80 Å². The van der Waals surface area contributed by atoms with Crippen molar-refractivity contribution in [2.75, 3.05) is 37.6 Å². The van der Waals surface area contributed by atoms with Gasteiger partial charge >= 0.3 is 6.03 Å². The maximum atomic E-state index is 12.3. The van der Waals surface area contributed by atoms with E-state index in [1.807, 2.05) is 4.90 Å². The second-order valence-corrected chi connectivity index (χ2v) is 7.73. The van der Waals surface area contributed by atoms with Crippen molar-refractivity contribution in [2.45, 2.75) is 33.3 Å². The van der Waals surface area contributed by atoms with E-state index >= 15 is 0 Å². The van der Waals surface area contributed by atoms with Crippen molar-refractivity contribution in [3.8, 4) is 0 Å². The number of amides is 2. The van der Waals surface area contributed by atoms with Gasteiger partial charge in [-0.3, -0.25) is 0 Å². The van der Waals surface area contributed by atoms with Crippen LogP contribution >= 0.6 is 11.3 Å². The van der Waals surface area contributed by atoms with Crippen LogP contribution in [0.25, 0.3) is 0 Å². The van der Waals surface area contributed by atoms with Crippen molar-refractivity contribution < 1.29 is 9.90 Å². The van der Waals surface area contributed by atoms with Crippen LogP contribution in [0, 0.1) is 5.41 Å². The number of hydrogen-bond donors (Lipinski definition) is 2. The maximum absolute atomic E-state index is 12.3. The molecule has 0 aromatic carbocycles. The fourth-order valence-electron chi connectivity index (χ4n) is 2.88. The molecule has 0 spiro atoms. The average molecular weight is 325 g/mol. The molecule has 1 atom stereocenters. The molecule has 0 bridgehead atoms. The number of piperazine rings is 1. The maximum Gasteiger partial charge on any atom is 0.317 e. The van der Waals surface area contributed by atoms with E-state index in [2.05, 4.69) is 41.6 Å². The molecule has 1 saturated heterocycles. The van der Waals surface area contributed by atoms with Gasteiger partial charge in [-0.15, -0.1) is 11.3 Å². The summed E-state index contributed by atoms with van der Waals surface area (Å²) >= 11 is 1.74. The third-order valence-corrected chi connectivity index (χ3v) is 4.88. The summed E-state index contributed by atoms with van der Waals surface area (Å²) in [5, 5.41) is 15.9. The van der Waals surface area contributed by atoms with Crippen LogP contribution in [0.1, 0.15) is 27.2 Å². The van der Waals surface area contributed by atoms with Gasteiger partial charge in [0.1, 0.15) is 0 Å². The molecule has 1 aliphatic rings. The van der Waals surface area contributed by atoms with Crippen LogP contribution in [0.3, 0.4) is 0 Å². The fraction of sp³-hybridized carbons (Fsp3) is 0.688. The van der Waals surface area contributed by atoms with Crippen LogP contribution in [0.2, 0.25) is 0 Å². The molecular formula is C16H27N3O2S. The first-order valence-corrected chi connectivity index (χ1v) is 8.75. The lowest BCUT2D eigenvalue weighted by Gasteiger charge is -2.36.